The zero-order valence-corrected chi connectivity index (χ0v) is 18.3. The molecule has 0 amide bonds. The SMILES string of the molecule is CON(CCCCc1ccc(N(CCCl)CCCl)cc1)C1OC[C@@H](O)[C@@H](O)[C@@H]1O. The predicted molar refractivity (Wildman–Crippen MR) is 115 cm³/mol. The lowest BCUT2D eigenvalue weighted by molar-refractivity contribution is -0.306. The fraction of sp³-hybridized carbons (Fsp3) is 0.700. The van der Waals surface area contributed by atoms with E-state index in [0.717, 1.165) is 38.0 Å². The van der Waals surface area contributed by atoms with Crippen LogP contribution < -0.4 is 4.90 Å². The minimum Gasteiger partial charge on any atom is -0.388 e. The zero-order valence-electron chi connectivity index (χ0n) is 16.8. The summed E-state index contributed by atoms with van der Waals surface area (Å²) < 4.78 is 5.43. The number of halogens is 2. The summed E-state index contributed by atoms with van der Waals surface area (Å²) >= 11 is 11.7. The van der Waals surface area contributed by atoms with Crippen LogP contribution in [0.15, 0.2) is 24.3 Å². The maximum Gasteiger partial charge on any atom is 0.161 e. The van der Waals surface area contributed by atoms with Gasteiger partial charge in [0.25, 0.3) is 0 Å². The topological polar surface area (TPSA) is 85.6 Å². The van der Waals surface area contributed by atoms with Crippen LogP contribution in [0.5, 0.6) is 0 Å². The Hall–Kier alpha value is -0.640. The number of unbranched alkanes of at least 4 members (excludes halogenated alkanes) is 1. The first-order valence-corrected chi connectivity index (χ1v) is 11.0. The summed E-state index contributed by atoms with van der Waals surface area (Å²) in [4.78, 5) is 7.48. The Kier molecular flexibility index (Phi) is 11.0. The monoisotopic (exact) mass is 450 g/mol. The van der Waals surface area contributed by atoms with Crippen LogP contribution in [-0.4, -0.2) is 90.0 Å². The Balaban J connectivity index is 1.79. The van der Waals surface area contributed by atoms with Crippen molar-refractivity contribution in [1.82, 2.24) is 5.06 Å². The van der Waals surface area contributed by atoms with E-state index in [1.54, 1.807) is 0 Å². The van der Waals surface area contributed by atoms with E-state index in [1.807, 2.05) is 0 Å². The van der Waals surface area contributed by atoms with Gasteiger partial charge < -0.3 is 25.0 Å². The third-order valence-electron chi connectivity index (χ3n) is 5.10. The second-order valence-electron chi connectivity index (χ2n) is 7.08. The van der Waals surface area contributed by atoms with Crippen molar-refractivity contribution in [2.45, 2.75) is 43.8 Å². The molecule has 9 heteroatoms. The van der Waals surface area contributed by atoms with Gasteiger partial charge in [-0.15, -0.1) is 23.2 Å². The van der Waals surface area contributed by atoms with E-state index >= 15 is 0 Å². The van der Waals surface area contributed by atoms with Gasteiger partial charge in [-0.3, -0.25) is 4.84 Å². The number of ether oxygens (including phenoxy) is 1. The van der Waals surface area contributed by atoms with Gasteiger partial charge in [-0.2, -0.15) is 5.06 Å². The van der Waals surface area contributed by atoms with Crippen LogP contribution in [0.1, 0.15) is 18.4 Å². The van der Waals surface area contributed by atoms with Crippen LogP contribution in [0.3, 0.4) is 0 Å². The van der Waals surface area contributed by atoms with Gasteiger partial charge in [-0.25, -0.2) is 0 Å². The molecule has 3 N–H and O–H groups in total. The van der Waals surface area contributed by atoms with Gasteiger partial charge in [0, 0.05) is 37.1 Å². The first-order chi connectivity index (χ1) is 14.0. The zero-order chi connectivity index (χ0) is 21.2. The smallest absolute Gasteiger partial charge is 0.161 e. The number of nitrogens with zero attached hydrogens (tertiary/aromatic N) is 2. The summed E-state index contributed by atoms with van der Waals surface area (Å²) in [6.45, 7) is 2.03. The standard InChI is InChI=1S/C20H32Cl2N2O5/c1-28-24(20-19(27)18(26)17(25)14-29-20)11-3-2-4-15-5-7-16(8-6-15)23(12-9-21)13-10-22/h5-8,17-20,25-27H,2-4,9-14H2,1H3/t17-,18-,19+,20?/m1/s1. The molecule has 1 aliphatic heterocycles. The summed E-state index contributed by atoms with van der Waals surface area (Å²) in [5, 5.41) is 31.0. The largest absolute Gasteiger partial charge is 0.388 e. The van der Waals surface area contributed by atoms with Crippen molar-refractivity contribution >= 4 is 28.9 Å². The highest BCUT2D eigenvalue weighted by atomic mass is 35.5. The van der Waals surface area contributed by atoms with Crippen LogP contribution in [0, 0.1) is 0 Å². The number of aliphatic hydroxyl groups excluding tert-OH is 3. The molecule has 0 radical (unpaired) electrons. The average Bonchev–Trinajstić information content (AvgIpc) is 2.73. The van der Waals surface area contributed by atoms with Gasteiger partial charge in [0.2, 0.25) is 0 Å². The number of benzene rings is 1. The molecule has 1 fully saturated rings. The average molecular weight is 451 g/mol. The molecule has 0 spiro atoms. The van der Waals surface area contributed by atoms with Crippen LogP contribution in [0.4, 0.5) is 5.69 Å². The molecule has 0 aromatic heterocycles. The lowest BCUT2D eigenvalue weighted by Gasteiger charge is -2.39. The third-order valence-corrected chi connectivity index (χ3v) is 5.43. The van der Waals surface area contributed by atoms with Crippen molar-refractivity contribution in [1.29, 1.82) is 0 Å². The lowest BCUT2D eigenvalue weighted by Crippen LogP contribution is -2.58. The van der Waals surface area contributed by atoms with Gasteiger partial charge in [0.05, 0.1) is 13.7 Å². The van der Waals surface area contributed by atoms with Gasteiger partial charge in [0.1, 0.15) is 18.3 Å². The van der Waals surface area contributed by atoms with Crippen LogP contribution in [0.25, 0.3) is 0 Å². The van der Waals surface area contributed by atoms with Crippen LogP contribution in [-0.2, 0) is 16.0 Å². The summed E-state index contributed by atoms with van der Waals surface area (Å²) in [6, 6.07) is 8.42. The molecule has 0 aliphatic carbocycles. The molecule has 1 saturated heterocycles. The molecule has 166 valence electrons. The number of anilines is 1. The van der Waals surface area contributed by atoms with E-state index in [2.05, 4.69) is 29.2 Å². The summed E-state index contributed by atoms with van der Waals surface area (Å²) in [6.07, 6.45) is -1.69. The molecule has 4 atom stereocenters. The molecule has 1 heterocycles. The predicted octanol–water partition coefficient (Wildman–Crippen LogP) is 1.60. The molecule has 1 unspecified atom stereocenters. The highest BCUT2D eigenvalue weighted by molar-refractivity contribution is 6.18. The molecule has 2 rings (SSSR count). The number of alkyl halides is 2. The van der Waals surface area contributed by atoms with E-state index in [1.165, 1.54) is 17.7 Å². The number of hydrogen-bond acceptors (Lipinski definition) is 7. The molecule has 1 aromatic rings. The van der Waals surface area contributed by atoms with E-state index in [4.69, 9.17) is 32.8 Å². The summed E-state index contributed by atoms with van der Waals surface area (Å²) in [5.74, 6) is 1.12. The van der Waals surface area contributed by atoms with Crippen molar-refractivity contribution < 1.29 is 24.9 Å². The number of hydrogen-bond donors (Lipinski definition) is 3. The fourth-order valence-corrected chi connectivity index (χ4v) is 3.82. The molecule has 1 aliphatic rings. The van der Waals surface area contributed by atoms with Crippen LogP contribution in [0.2, 0.25) is 0 Å². The van der Waals surface area contributed by atoms with Crippen LogP contribution >= 0.6 is 23.2 Å². The Morgan fingerprint density at radius 2 is 1.66 bits per heavy atom. The maximum atomic E-state index is 10.1. The third kappa shape index (κ3) is 7.22. The van der Waals surface area contributed by atoms with Gasteiger partial charge >= 0.3 is 0 Å². The minimum absolute atomic E-state index is 0.0421. The fourth-order valence-electron chi connectivity index (χ4n) is 3.41. The Morgan fingerprint density at radius 1 is 1.00 bits per heavy atom. The second-order valence-corrected chi connectivity index (χ2v) is 7.84. The highest BCUT2D eigenvalue weighted by Gasteiger charge is 2.40. The van der Waals surface area contributed by atoms with Gasteiger partial charge in [-0.05, 0) is 37.0 Å². The number of hydroxylamine groups is 2. The van der Waals surface area contributed by atoms with E-state index in [0.29, 0.717) is 18.3 Å². The van der Waals surface area contributed by atoms with Gasteiger partial charge in [-0.1, -0.05) is 12.1 Å². The first-order valence-electron chi connectivity index (χ1n) is 9.94. The molecule has 29 heavy (non-hydrogen) atoms. The van der Waals surface area contributed by atoms with Crippen molar-refractivity contribution in [2.24, 2.45) is 0 Å². The summed E-state index contributed by atoms with van der Waals surface area (Å²) in [5.41, 5.74) is 2.35. The second kappa shape index (κ2) is 12.9. The maximum absolute atomic E-state index is 10.1. The number of aryl methyl sites for hydroxylation is 1. The summed E-state index contributed by atoms with van der Waals surface area (Å²) in [7, 11) is 1.50. The molecule has 1 aromatic carbocycles. The molecular weight excluding hydrogens is 419 g/mol. The Morgan fingerprint density at radius 3 is 2.24 bits per heavy atom. The van der Waals surface area contributed by atoms with Gasteiger partial charge in [0.15, 0.2) is 6.23 Å². The lowest BCUT2D eigenvalue weighted by atomic mass is 10.0. The van der Waals surface area contributed by atoms with Crippen molar-refractivity contribution in [2.75, 3.05) is 50.0 Å². The van der Waals surface area contributed by atoms with E-state index in [-0.39, 0.29) is 6.61 Å². The minimum atomic E-state index is -1.25. The van der Waals surface area contributed by atoms with Crippen molar-refractivity contribution in [3.05, 3.63) is 29.8 Å². The van der Waals surface area contributed by atoms with E-state index in [9.17, 15) is 15.3 Å². The number of rotatable bonds is 12. The Labute approximate surface area is 182 Å². The highest BCUT2D eigenvalue weighted by Crippen LogP contribution is 2.20. The van der Waals surface area contributed by atoms with Crippen molar-refractivity contribution in [3.8, 4) is 0 Å². The first kappa shape index (κ1) is 24.6. The molecule has 0 bridgehead atoms. The van der Waals surface area contributed by atoms with E-state index < -0.39 is 24.5 Å². The van der Waals surface area contributed by atoms with Crippen molar-refractivity contribution in [3.63, 3.8) is 0 Å². The molecule has 7 nitrogen and oxygen atoms in total. The molecule has 0 saturated carbocycles. The molecular formula is C20H32Cl2N2O5. The number of aliphatic hydroxyl groups is 3. The normalized spacial score (nSPS) is 24.8. The Bertz CT molecular complexity index is 574. The quantitative estimate of drug-likeness (QED) is 0.253.